The molecule has 8 heteroatoms. The van der Waals surface area contributed by atoms with E-state index in [-0.39, 0.29) is 38.0 Å². The first kappa shape index (κ1) is 29.0. The van der Waals surface area contributed by atoms with Crippen molar-refractivity contribution in [1.29, 1.82) is 0 Å². The summed E-state index contributed by atoms with van der Waals surface area (Å²) in [6.07, 6.45) is -0.998. The highest BCUT2D eigenvalue weighted by atomic mass is 16.6. The number of benzene rings is 4. The fourth-order valence-corrected chi connectivity index (χ4v) is 6.36. The summed E-state index contributed by atoms with van der Waals surface area (Å²) in [5.41, 5.74) is 7.32. The number of hydrogen-bond donors (Lipinski definition) is 3. The smallest absolute Gasteiger partial charge is 0.408 e. The lowest BCUT2D eigenvalue weighted by Crippen LogP contribution is -2.52. The molecule has 0 aliphatic heterocycles. The van der Waals surface area contributed by atoms with Gasteiger partial charge in [-0.25, -0.2) is 14.4 Å². The molecule has 0 saturated heterocycles. The largest absolute Gasteiger partial charge is 0.480 e. The van der Waals surface area contributed by atoms with Crippen molar-refractivity contribution in [1.82, 2.24) is 10.6 Å². The molecule has 0 spiro atoms. The first-order valence-electron chi connectivity index (χ1n) is 14.8. The molecule has 2 aliphatic carbocycles. The predicted molar refractivity (Wildman–Crippen MR) is 167 cm³/mol. The van der Waals surface area contributed by atoms with E-state index >= 15 is 0 Å². The van der Waals surface area contributed by atoms with Crippen LogP contribution in [0.25, 0.3) is 22.3 Å². The van der Waals surface area contributed by atoms with Gasteiger partial charge in [-0.15, -0.1) is 0 Å². The van der Waals surface area contributed by atoms with Crippen molar-refractivity contribution in [2.45, 2.75) is 37.1 Å². The third-order valence-corrected chi connectivity index (χ3v) is 8.66. The number of aliphatic carboxylic acids is 1. The summed E-state index contributed by atoms with van der Waals surface area (Å²) in [6.45, 7) is 1.89. The minimum atomic E-state index is -1.58. The predicted octanol–water partition coefficient (Wildman–Crippen LogP) is 6.69. The summed E-state index contributed by atoms with van der Waals surface area (Å²) in [5.74, 6) is -1.37. The van der Waals surface area contributed by atoms with Gasteiger partial charge in [0, 0.05) is 18.4 Å². The average Bonchev–Trinajstić information content (AvgIpc) is 3.53. The standard InChI is InChI=1S/C36H34N2O6/c1-36(33(39)40,38-35(42)44-22-32-29-17-8-4-13-25(29)26-14-5-9-18-30(26)32)19-10-20-37-34(41)43-21-31-27-15-6-2-11-23(27)24-12-3-7-16-28(24)31/h2-9,11-18,31-32H,10,19-22H2,1H3,(H,37,41)(H,38,42)(H,39,40)/t36-/m1/s1. The van der Waals surface area contributed by atoms with Crippen molar-refractivity contribution in [2.24, 2.45) is 0 Å². The molecule has 0 aromatic heterocycles. The Morgan fingerprint density at radius 1 is 0.659 bits per heavy atom. The van der Waals surface area contributed by atoms with Crippen molar-refractivity contribution in [3.8, 4) is 22.3 Å². The van der Waals surface area contributed by atoms with Crippen LogP contribution in [0.2, 0.25) is 0 Å². The van der Waals surface area contributed by atoms with Crippen LogP contribution in [0.3, 0.4) is 0 Å². The zero-order chi connectivity index (χ0) is 30.7. The van der Waals surface area contributed by atoms with Crippen LogP contribution in [0.15, 0.2) is 97.1 Å². The van der Waals surface area contributed by atoms with E-state index in [0.29, 0.717) is 6.42 Å². The third-order valence-electron chi connectivity index (χ3n) is 8.66. The van der Waals surface area contributed by atoms with Gasteiger partial charge >= 0.3 is 18.2 Å². The number of alkyl carbamates (subject to hydrolysis) is 2. The molecule has 4 aromatic carbocycles. The van der Waals surface area contributed by atoms with Crippen LogP contribution in [0.4, 0.5) is 9.59 Å². The van der Waals surface area contributed by atoms with Gasteiger partial charge in [-0.1, -0.05) is 97.1 Å². The maximum absolute atomic E-state index is 12.8. The van der Waals surface area contributed by atoms with Gasteiger partial charge in [0.1, 0.15) is 18.8 Å². The van der Waals surface area contributed by atoms with Crippen molar-refractivity contribution in [3.63, 3.8) is 0 Å². The molecular formula is C36H34N2O6. The SMILES string of the molecule is C[C@](CCCNC(=O)OCC1c2ccccc2-c2ccccc21)(NC(=O)OCC1c2ccccc2-c2ccccc21)C(=O)O. The molecule has 3 N–H and O–H groups in total. The Hall–Kier alpha value is -5.11. The molecule has 4 aromatic rings. The molecule has 0 saturated carbocycles. The number of rotatable bonds is 10. The molecule has 44 heavy (non-hydrogen) atoms. The van der Waals surface area contributed by atoms with Crippen molar-refractivity contribution in [3.05, 3.63) is 119 Å². The molecule has 0 heterocycles. The van der Waals surface area contributed by atoms with E-state index in [1.54, 1.807) is 0 Å². The van der Waals surface area contributed by atoms with Gasteiger partial charge in [-0.2, -0.15) is 0 Å². The fourth-order valence-electron chi connectivity index (χ4n) is 6.36. The normalized spacial score (nSPS) is 14.4. The molecule has 2 aliphatic rings. The van der Waals surface area contributed by atoms with E-state index in [0.717, 1.165) is 44.5 Å². The number of amides is 2. The van der Waals surface area contributed by atoms with Gasteiger partial charge in [-0.3, -0.25) is 0 Å². The lowest BCUT2D eigenvalue weighted by Gasteiger charge is -2.26. The van der Waals surface area contributed by atoms with Crippen LogP contribution in [0.1, 0.15) is 53.9 Å². The van der Waals surface area contributed by atoms with Gasteiger partial charge < -0.3 is 25.2 Å². The maximum Gasteiger partial charge on any atom is 0.408 e. The lowest BCUT2D eigenvalue weighted by molar-refractivity contribution is -0.144. The van der Waals surface area contributed by atoms with Crippen LogP contribution >= 0.6 is 0 Å². The molecule has 0 bridgehead atoms. The number of carbonyl (C=O) groups excluding carboxylic acids is 2. The van der Waals surface area contributed by atoms with E-state index in [1.807, 2.05) is 72.8 Å². The van der Waals surface area contributed by atoms with Crippen molar-refractivity contribution < 1.29 is 29.0 Å². The number of hydrogen-bond acceptors (Lipinski definition) is 5. The van der Waals surface area contributed by atoms with E-state index in [9.17, 15) is 19.5 Å². The summed E-state index contributed by atoms with van der Waals surface area (Å²) in [5, 5.41) is 15.1. The van der Waals surface area contributed by atoms with Gasteiger partial charge in [-0.05, 0) is 64.3 Å². The van der Waals surface area contributed by atoms with E-state index in [1.165, 1.54) is 6.92 Å². The monoisotopic (exact) mass is 590 g/mol. The molecule has 224 valence electrons. The Balaban J connectivity index is 0.980. The highest BCUT2D eigenvalue weighted by Crippen LogP contribution is 2.45. The van der Waals surface area contributed by atoms with Gasteiger partial charge in [0.25, 0.3) is 0 Å². The molecule has 0 radical (unpaired) electrons. The topological polar surface area (TPSA) is 114 Å². The zero-order valence-electron chi connectivity index (χ0n) is 24.4. The number of nitrogens with one attached hydrogen (secondary N) is 2. The fraction of sp³-hybridized carbons (Fsp3) is 0.250. The van der Waals surface area contributed by atoms with Crippen LogP contribution in [0.5, 0.6) is 0 Å². The Bertz CT molecular complexity index is 1630. The molecule has 1 atom stereocenters. The van der Waals surface area contributed by atoms with Crippen LogP contribution in [0, 0.1) is 0 Å². The Kier molecular flexibility index (Phi) is 8.07. The summed E-state index contributed by atoms with van der Waals surface area (Å²) in [7, 11) is 0. The second-order valence-electron chi connectivity index (χ2n) is 11.4. The first-order chi connectivity index (χ1) is 21.4. The van der Waals surface area contributed by atoms with E-state index in [2.05, 4.69) is 34.9 Å². The third kappa shape index (κ3) is 5.63. The molecule has 6 rings (SSSR count). The highest BCUT2D eigenvalue weighted by molar-refractivity contribution is 5.84. The van der Waals surface area contributed by atoms with E-state index in [4.69, 9.17) is 9.47 Å². The van der Waals surface area contributed by atoms with Crippen molar-refractivity contribution >= 4 is 18.2 Å². The summed E-state index contributed by atoms with van der Waals surface area (Å²) in [6, 6.07) is 32.2. The molecule has 2 amide bonds. The van der Waals surface area contributed by atoms with Crippen LogP contribution < -0.4 is 10.6 Å². The Labute approximate surface area is 256 Å². The quantitative estimate of drug-likeness (QED) is 0.177. The summed E-state index contributed by atoms with van der Waals surface area (Å²) >= 11 is 0. The average molecular weight is 591 g/mol. The molecule has 0 unspecified atom stereocenters. The minimum absolute atomic E-state index is 0.0511. The van der Waals surface area contributed by atoms with E-state index < -0.39 is 23.7 Å². The number of fused-ring (bicyclic) bond motifs is 6. The molecular weight excluding hydrogens is 556 g/mol. The molecule has 8 nitrogen and oxygen atoms in total. The Morgan fingerprint density at radius 2 is 1.05 bits per heavy atom. The lowest BCUT2D eigenvalue weighted by atomic mass is 9.96. The summed E-state index contributed by atoms with van der Waals surface area (Å²) < 4.78 is 11.1. The summed E-state index contributed by atoms with van der Waals surface area (Å²) in [4.78, 5) is 37.4. The maximum atomic E-state index is 12.8. The highest BCUT2D eigenvalue weighted by Gasteiger charge is 2.36. The van der Waals surface area contributed by atoms with Gasteiger partial charge in [0.05, 0.1) is 0 Å². The first-order valence-corrected chi connectivity index (χ1v) is 14.8. The second-order valence-corrected chi connectivity index (χ2v) is 11.4. The second kappa shape index (κ2) is 12.2. The van der Waals surface area contributed by atoms with Crippen molar-refractivity contribution in [2.75, 3.05) is 19.8 Å². The Morgan fingerprint density at radius 3 is 1.45 bits per heavy atom. The minimum Gasteiger partial charge on any atom is -0.480 e. The number of carboxylic acid groups (broad SMARTS) is 1. The van der Waals surface area contributed by atoms with Gasteiger partial charge in [0.2, 0.25) is 0 Å². The molecule has 0 fully saturated rings. The number of ether oxygens (including phenoxy) is 2. The van der Waals surface area contributed by atoms with Crippen LogP contribution in [-0.4, -0.2) is 48.6 Å². The number of carboxylic acids is 1. The van der Waals surface area contributed by atoms with Gasteiger partial charge in [0.15, 0.2) is 0 Å². The zero-order valence-corrected chi connectivity index (χ0v) is 24.4. The van der Waals surface area contributed by atoms with Crippen LogP contribution in [-0.2, 0) is 14.3 Å². The number of carbonyl (C=O) groups is 3.